The van der Waals surface area contributed by atoms with Crippen molar-refractivity contribution in [1.29, 1.82) is 0 Å². The van der Waals surface area contributed by atoms with Crippen LogP contribution in [0.15, 0.2) is 101 Å². The predicted octanol–water partition coefficient (Wildman–Crippen LogP) is 4.43. The van der Waals surface area contributed by atoms with Crippen molar-refractivity contribution in [2.45, 2.75) is 0 Å². The maximum Gasteiger partial charge on any atom is 0.176 e. The van der Waals surface area contributed by atoms with E-state index in [2.05, 4.69) is 15.6 Å². The first kappa shape index (κ1) is 16.5. The second-order valence-corrected chi connectivity index (χ2v) is 5.46. The fraction of sp³-hybridized carbons (Fsp3) is 0.0476. The summed E-state index contributed by atoms with van der Waals surface area (Å²) >= 11 is 0. The normalized spacial score (nSPS) is 11.5. The van der Waals surface area contributed by atoms with Gasteiger partial charge < -0.3 is 0 Å². The van der Waals surface area contributed by atoms with Gasteiger partial charge in [0, 0.05) is 12.6 Å². The molecule has 0 radical (unpaired) electrons. The van der Waals surface area contributed by atoms with Crippen LogP contribution in [0.5, 0.6) is 0 Å². The molecule has 0 aliphatic rings. The van der Waals surface area contributed by atoms with E-state index in [9.17, 15) is 0 Å². The Morgan fingerprint density at radius 2 is 1.36 bits per heavy atom. The number of para-hydroxylation sites is 1. The average Bonchev–Trinajstić information content (AvgIpc) is 2.69. The molecule has 0 saturated heterocycles. The average molecular weight is 328 g/mol. The zero-order valence-electron chi connectivity index (χ0n) is 14.1. The van der Waals surface area contributed by atoms with Gasteiger partial charge >= 0.3 is 0 Å². The highest BCUT2D eigenvalue weighted by molar-refractivity contribution is 5.99. The van der Waals surface area contributed by atoms with Gasteiger partial charge in [-0.3, -0.25) is 5.43 Å². The number of nitrogens with one attached hydrogen (secondary N) is 1. The Morgan fingerprint density at radius 3 is 2.00 bits per heavy atom. The molecule has 0 unspecified atom stereocenters. The number of amidine groups is 1. The zero-order valence-corrected chi connectivity index (χ0v) is 14.1. The van der Waals surface area contributed by atoms with Gasteiger partial charge in [-0.05, 0) is 17.7 Å². The minimum Gasteiger partial charge on any atom is -0.276 e. The molecule has 25 heavy (non-hydrogen) atoms. The lowest BCUT2D eigenvalue weighted by Crippen LogP contribution is -2.24. The van der Waals surface area contributed by atoms with Crippen LogP contribution >= 0.6 is 0 Å². The maximum absolute atomic E-state index is 4.56. The monoisotopic (exact) mass is 328 g/mol. The summed E-state index contributed by atoms with van der Waals surface area (Å²) in [5.41, 5.74) is 6.05. The molecule has 1 N–H and O–H groups in total. The highest BCUT2D eigenvalue weighted by Gasteiger charge is 2.08. The standard InChI is InChI=1S/C21H20N4/c1-25(22-17-18-11-5-2-6-12-18)21(19-13-7-3-8-14-19)24-23-20-15-9-4-10-16-20/h2-17,23H,1H3/b22-17+,24-21-. The van der Waals surface area contributed by atoms with Crippen molar-refractivity contribution in [3.8, 4) is 0 Å². The van der Waals surface area contributed by atoms with Crippen molar-refractivity contribution in [3.05, 3.63) is 102 Å². The van der Waals surface area contributed by atoms with Crippen molar-refractivity contribution < 1.29 is 0 Å². The van der Waals surface area contributed by atoms with E-state index in [4.69, 9.17) is 0 Å². The molecular weight excluding hydrogens is 308 g/mol. The number of rotatable bonds is 5. The van der Waals surface area contributed by atoms with Crippen molar-refractivity contribution in [1.82, 2.24) is 5.01 Å². The Balaban J connectivity index is 1.84. The summed E-state index contributed by atoms with van der Waals surface area (Å²) in [7, 11) is 1.89. The zero-order chi connectivity index (χ0) is 17.3. The van der Waals surface area contributed by atoms with Gasteiger partial charge in [-0.25, -0.2) is 5.01 Å². The van der Waals surface area contributed by atoms with Gasteiger partial charge in [-0.1, -0.05) is 78.9 Å². The molecule has 0 heterocycles. The van der Waals surface area contributed by atoms with Gasteiger partial charge in [0.1, 0.15) is 0 Å². The molecule has 3 rings (SSSR count). The molecule has 0 amide bonds. The van der Waals surface area contributed by atoms with Crippen molar-refractivity contribution in [2.24, 2.45) is 10.2 Å². The Bertz CT molecular complexity index is 828. The van der Waals surface area contributed by atoms with E-state index in [1.807, 2.05) is 104 Å². The fourth-order valence-corrected chi connectivity index (χ4v) is 2.29. The number of hydrogen-bond donors (Lipinski definition) is 1. The SMILES string of the molecule is CN(/N=C/c1ccccc1)/C(=N\Nc1ccccc1)c1ccccc1. The van der Waals surface area contributed by atoms with Gasteiger partial charge in [0.15, 0.2) is 5.84 Å². The van der Waals surface area contributed by atoms with E-state index < -0.39 is 0 Å². The molecule has 0 bridgehead atoms. The molecule has 0 spiro atoms. The lowest BCUT2D eigenvalue weighted by Gasteiger charge is -2.16. The number of hydrogen-bond acceptors (Lipinski definition) is 3. The largest absolute Gasteiger partial charge is 0.276 e. The highest BCUT2D eigenvalue weighted by Crippen LogP contribution is 2.09. The number of hydrazone groups is 2. The third-order valence-electron chi connectivity index (χ3n) is 3.58. The predicted molar refractivity (Wildman–Crippen MR) is 105 cm³/mol. The second kappa shape index (κ2) is 8.45. The summed E-state index contributed by atoms with van der Waals surface area (Å²) in [6, 6.07) is 29.8. The van der Waals surface area contributed by atoms with Gasteiger partial charge in [-0.15, -0.1) is 0 Å². The van der Waals surface area contributed by atoms with Crippen molar-refractivity contribution in [2.75, 3.05) is 12.5 Å². The summed E-state index contributed by atoms with van der Waals surface area (Å²) in [6.07, 6.45) is 1.82. The van der Waals surface area contributed by atoms with Crippen LogP contribution in [0.4, 0.5) is 5.69 Å². The molecule has 3 aromatic rings. The Hall–Kier alpha value is -3.40. The van der Waals surface area contributed by atoms with Crippen LogP contribution in [-0.2, 0) is 0 Å². The van der Waals surface area contributed by atoms with Crippen LogP contribution in [0.3, 0.4) is 0 Å². The van der Waals surface area contributed by atoms with Crippen LogP contribution in [0.1, 0.15) is 11.1 Å². The fourth-order valence-electron chi connectivity index (χ4n) is 2.29. The van der Waals surface area contributed by atoms with Crippen LogP contribution in [0, 0.1) is 0 Å². The summed E-state index contributed by atoms with van der Waals surface area (Å²) in [6.45, 7) is 0. The molecule has 4 heteroatoms. The van der Waals surface area contributed by atoms with Gasteiger partial charge in [0.05, 0.1) is 11.9 Å². The summed E-state index contributed by atoms with van der Waals surface area (Å²) < 4.78 is 0. The van der Waals surface area contributed by atoms with Gasteiger partial charge in [0.2, 0.25) is 0 Å². The Morgan fingerprint density at radius 1 is 0.800 bits per heavy atom. The molecule has 3 aromatic carbocycles. The Kier molecular flexibility index (Phi) is 5.56. The summed E-state index contributed by atoms with van der Waals surface area (Å²) in [5, 5.41) is 10.8. The van der Waals surface area contributed by atoms with Crippen LogP contribution in [-0.4, -0.2) is 24.1 Å². The molecule has 0 aliphatic carbocycles. The van der Waals surface area contributed by atoms with E-state index >= 15 is 0 Å². The molecule has 124 valence electrons. The third-order valence-corrected chi connectivity index (χ3v) is 3.58. The minimum atomic E-state index is 0.733. The van der Waals surface area contributed by atoms with E-state index in [-0.39, 0.29) is 0 Å². The van der Waals surface area contributed by atoms with Crippen LogP contribution in [0.25, 0.3) is 0 Å². The molecule has 0 aliphatic heterocycles. The van der Waals surface area contributed by atoms with Gasteiger partial charge in [0.25, 0.3) is 0 Å². The lowest BCUT2D eigenvalue weighted by molar-refractivity contribution is 0.547. The van der Waals surface area contributed by atoms with Crippen LogP contribution in [0.2, 0.25) is 0 Å². The first-order valence-corrected chi connectivity index (χ1v) is 8.10. The summed E-state index contributed by atoms with van der Waals surface area (Å²) in [4.78, 5) is 0. The quantitative estimate of drug-likeness (QED) is 0.428. The number of benzene rings is 3. The first-order chi connectivity index (χ1) is 12.3. The molecule has 4 nitrogen and oxygen atoms in total. The van der Waals surface area contributed by atoms with E-state index in [1.165, 1.54) is 0 Å². The first-order valence-electron chi connectivity index (χ1n) is 8.10. The smallest absolute Gasteiger partial charge is 0.176 e. The van der Waals surface area contributed by atoms with Crippen molar-refractivity contribution >= 4 is 17.7 Å². The second-order valence-electron chi connectivity index (χ2n) is 5.46. The summed E-state index contributed by atoms with van der Waals surface area (Å²) in [5.74, 6) is 0.733. The van der Waals surface area contributed by atoms with Crippen molar-refractivity contribution in [3.63, 3.8) is 0 Å². The lowest BCUT2D eigenvalue weighted by atomic mass is 10.2. The van der Waals surface area contributed by atoms with E-state index in [0.717, 1.165) is 22.6 Å². The maximum atomic E-state index is 4.56. The molecule has 0 atom stereocenters. The number of nitrogens with zero attached hydrogens (tertiary/aromatic N) is 3. The highest BCUT2D eigenvalue weighted by atomic mass is 15.5. The van der Waals surface area contributed by atoms with Crippen LogP contribution < -0.4 is 5.43 Å². The van der Waals surface area contributed by atoms with E-state index in [0.29, 0.717) is 0 Å². The number of anilines is 1. The molecule has 0 fully saturated rings. The Labute approximate surface area is 148 Å². The van der Waals surface area contributed by atoms with E-state index in [1.54, 1.807) is 5.01 Å². The molecular formula is C21H20N4. The topological polar surface area (TPSA) is 40.0 Å². The molecule has 0 saturated carbocycles. The minimum absolute atomic E-state index is 0.733. The molecule has 0 aromatic heterocycles. The third kappa shape index (κ3) is 4.78. The van der Waals surface area contributed by atoms with Gasteiger partial charge in [-0.2, -0.15) is 10.2 Å².